The maximum absolute atomic E-state index is 10.5. The molecule has 0 bridgehead atoms. The van der Waals surface area contributed by atoms with Crippen molar-refractivity contribution in [1.82, 2.24) is 0 Å². The van der Waals surface area contributed by atoms with E-state index in [-0.39, 0.29) is 11.5 Å². The minimum absolute atomic E-state index is 0.0718. The van der Waals surface area contributed by atoms with Gasteiger partial charge in [0.2, 0.25) is 0 Å². The molecule has 0 amide bonds. The number of aliphatic hydroxyl groups is 1. The normalized spacial score (nSPS) is 39.8. The van der Waals surface area contributed by atoms with Crippen molar-refractivity contribution in [3.63, 3.8) is 0 Å². The molecule has 2 saturated carbocycles. The molecule has 0 heterocycles. The first-order valence-electron chi connectivity index (χ1n) is 8.90. The molecule has 4 rings (SSSR count). The van der Waals surface area contributed by atoms with Crippen LogP contribution < -0.4 is 4.74 Å². The third-order valence-electron chi connectivity index (χ3n) is 7.19. The van der Waals surface area contributed by atoms with E-state index < -0.39 is 0 Å². The van der Waals surface area contributed by atoms with Gasteiger partial charge in [0.05, 0.1) is 13.2 Å². The van der Waals surface area contributed by atoms with Crippen LogP contribution in [0.5, 0.6) is 5.75 Å². The Hall–Kier alpha value is -1.02. The number of rotatable bonds is 1. The lowest BCUT2D eigenvalue weighted by Crippen LogP contribution is -2.43. The molecular formula is C20H28O2. The van der Waals surface area contributed by atoms with Gasteiger partial charge in [-0.1, -0.05) is 13.0 Å². The molecule has 1 N–H and O–H groups in total. The van der Waals surface area contributed by atoms with Crippen LogP contribution in [0.15, 0.2) is 12.1 Å². The fourth-order valence-corrected chi connectivity index (χ4v) is 5.90. The number of benzene rings is 1. The Morgan fingerprint density at radius 1 is 1.18 bits per heavy atom. The summed E-state index contributed by atoms with van der Waals surface area (Å²) in [5.74, 6) is 3.24. The van der Waals surface area contributed by atoms with Crippen LogP contribution in [-0.2, 0) is 6.42 Å². The van der Waals surface area contributed by atoms with E-state index in [1.165, 1.54) is 43.2 Å². The molecule has 1 aromatic rings. The highest BCUT2D eigenvalue weighted by molar-refractivity contribution is 5.45. The number of aryl methyl sites for hydroxylation is 2. The summed E-state index contributed by atoms with van der Waals surface area (Å²) in [5.41, 5.74) is 4.53. The zero-order chi connectivity index (χ0) is 15.5. The molecule has 3 aliphatic rings. The summed E-state index contributed by atoms with van der Waals surface area (Å²) in [7, 11) is 1.77. The Balaban J connectivity index is 1.71. The summed E-state index contributed by atoms with van der Waals surface area (Å²) in [6.07, 6.45) is 7.06. The van der Waals surface area contributed by atoms with Gasteiger partial charge in [0.25, 0.3) is 0 Å². The van der Waals surface area contributed by atoms with Crippen molar-refractivity contribution < 1.29 is 9.84 Å². The van der Waals surface area contributed by atoms with Gasteiger partial charge in [-0.3, -0.25) is 0 Å². The van der Waals surface area contributed by atoms with Crippen molar-refractivity contribution in [3.8, 4) is 5.75 Å². The van der Waals surface area contributed by atoms with Gasteiger partial charge >= 0.3 is 0 Å². The Morgan fingerprint density at radius 2 is 2.00 bits per heavy atom. The molecule has 5 atom stereocenters. The van der Waals surface area contributed by atoms with Crippen LogP contribution in [0.4, 0.5) is 0 Å². The molecule has 22 heavy (non-hydrogen) atoms. The van der Waals surface area contributed by atoms with Crippen molar-refractivity contribution in [1.29, 1.82) is 0 Å². The van der Waals surface area contributed by atoms with Crippen LogP contribution in [0.25, 0.3) is 0 Å². The smallest absolute Gasteiger partial charge is 0.122 e. The molecule has 2 heteroatoms. The summed E-state index contributed by atoms with van der Waals surface area (Å²) >= 11 is 0. The van der Waals surface area contributed by atoms with Gasteiger partial charge in [0.1, 0.15) is 5.75 Å². The van der Waals surface area contributed by atoms with Crippen molar-refractivity contribution >= 4 is 0 Å². The lowest BCUT2D eigenvalue weighted by molar-refractivity contribution is -0.0226. The predicted octanol–water partition coefficient (Wildman–Crippen LogP) is 4.22. The van der Waals surface area contributed by atoms with E-state index in [1.807, 2.05) is 0 Å². The molecule has 4 unspecified atom stereocenters. The molecular weight excluding hydrogens is 272 g/mol. The van der Waals surface area contributed by atoms with Crippen LogP contribution in [0.1, 0.15) is 61.6 Å². The van der Waals surface area contributed by atoms with Gasteiger partial charge in [-0.15, -0.1) is 0 Å². The molecule has 0 aliphatic heterocycles. The molecule has 0 spiro atoms. The number of methoxy groups -OCH3 is 1. The lowest BCUT2D eigenvalue weighted by atomic mass is 9.55. The van der Waals surface area contributed by atoms with Gasteiger partial charge < -0.3 is 9.84 Å². The minimum atomic E-state index is -0.0718. The number of fused-ring (bicyclic) bond motifs is 5. The maximum Gasteiger partial charge on any atom is 0.122 e. The van der Waals surface area contributed by atoms with Crippen LogP contribution >= 0.6 is 0 Å². The molecule has 0 saturated heterocycles. The summed E-state index contributed by atoms with van der Waals surface area (Å²) in [5, 5.41) is 10.5. The zero-order valence-electron chi connectivity index (χ0n) is 14.1. The fraction of sp³-hybridized carbons (Fsp3) is 0.700. The van der Waals surface area contributed by atoms with Gasteiger partial charge in [-0.25, -0.2) is 0 Å². The first-order chi connectivity index (χ1) is 10.5. The molecule has 3 aliphatic carbocycles. The van der Waals surface area contributed by atoms with E-state index in [2.05, 4.69) is 26.0 Å². The predicted molar refractivity (Wildman–Crippen MR) is 88.4 cm³/mol. The third-order valence-corrected chi connectivity index (χ3v) is 7.19. The fourth-order valence-electron chi connectivity index (χ4n) is 5.90. The topological polar surface area (TPSA) is 29.5 Å². The highest BCUT2D eigenvalue weighted by atomic mass is 16.5. The minimum Gasteiger partial charge on any atom is -0.496 e. The Bertz CT molecular complexity index is 594. The standard InChI is InChI=1S/C20H28O2/c1-12-10-16-13(11-18(12)22-3)4-5-15-14(16)8-9-20(2)17(15)6-7-19(20)21/h10-11,14-15,17,19,21H,4-9H2,1-3H3/t14?,15?,17?,19?,20-/m0/s1. The van der Waals surface area contributed by atoms with Crippen molar-refractivity contribution in [2.75, 3.05) is 7.11 Å². The Labute approximate surface area is 133 Å². The number of hydrogen-bond acceptors (Lipinski definition) is 2. The van der Waals surface area contributed by atoms with E-state index in [9.17, 15) is 5.11 Å². The van der Waals surface area contributed by atoms with Gasteiger partial charge in [-0.05, 0) is 91.4 Å². The molecule has 0 aromatic heterocycles. The van der Waals surface area contributed by atoms with Crippen molar-refractivity contribution in [2.45, 2.75) is 64.4 Å². The van der Waals surface area contributed by atoms with Gasteiger partial charge in [-0.2, -0.15) is 0 Å². The van der Waals surface area contributed by atoms with Crippen LogP contribution in [0.3, 0.4) is 0 Å². The third kappa shape index (κ3) is 1.89. The van der Waals surface area contributed by atoms with E-state index in [1.54, 1.807) is 12.7 Å². The van der Waals surface area contributed by atoms with E-state index >= 15 is 0 Å². The highest BCUT2D eigenvalue weighted by Crippen LogP contribution is 2.61. The zero-order valence-corrected chi connectivity index (χ0v) is 14.1. The average Bonchev–Trinajstić information content (AvgIpc) is 2.82. The quantitative estimate of drug-likeness (QED) is 0.841. The second kappa shape index (κ2) is 4.99. The van der Waals surface area contributed by atoms with E-state index in [4.69, 9.17) is 4.74 Å². The van der Waals surface area contributed by atoms with Crippen LogP contribution in [0, 0.1) is 24.2 Å². The largest absolute Gasteiger partial charge is 0.496 e. The SMILES string of the molecule is COc1cc2c(cc1C)C1CC[C@]3(C)C(O)CCC3C1CC2. The van der Waals surface area contributed by atoms with E-state index in [0.29, 0.717) is 5.92 Å². The number of hydrogen-bond donors (Lipinski definition) is 1. The summed E-state index contributed by atoms with van der Waals surface area (Å²) in [6, 6.07) is 4.66. The first kappa shape index (κ1) is 14.6. The summed E-state index contributed by atoms with van der Waals surface area (Å²) in [4.78, 5) is 0. The molecule has 2 nitrogen and oxygen atoms in total. The second-order valence-electron chi connectivity index (χ2n) is 8.07. The Kier molecular flexibility index (Phi) is 3.30. The maximum atomic E-state index is 10.5. The van der Waals surface area contributed by atoms with Gasteiger partial charge in [0, 0.05) is 0 Å². The van der Waals surface area contributed by atoms with Crippen molar-refractivity contribution in [3.05, 3.63) is 28.8 Å². The average molecular weight is 300 g/mol. The second-order valence-corrected chi connectivity index (χ2v) is 8.07. The molecule has 1 aromatic carbocycles. The van der Waals surface area contributed by atoms with Gasteiger partial charge in [0.15, 0.2) is 0 Å². The first-order valence-corrected chi connectivity index (χ1v) is 8.90. The lowest BCUT2D eigenvalue weighted by Gasteiger charge is -2.50. The van der Waals surface area contributed by atoms with Crippen LogP contribution in [0.2, 0.25) is 0 Å². The molecule has 0 radical (unpaired) electrons. The Morgan fingerprint density at radius 3 is 2.77 bits per heavy atom. The summed E-state index contributed by atoms with van der Waals surface area (Å²) in [6.45, 7) is 4.51. The van der Waals surface area contributed by atoms with E-state index in [0.717, 1.165) is 24.0 Å². The van der Waals surface area contributed by atoms with Crippen LogP contribution in [-0.4, -0.2) is 18.3 Å². The highest BCUT2D eigenvalue weighted by Gasteiger charge is 2.54. The number of aliphatic hydroxyl groups excluding tert-OH is 1. The van der Waals surface area contributed by atoms with Crippen molar-refractivity contribution in [2.24, 2.45) is 17.3 Å². The summed E-state index contributed by atoms with van der Waals surface area (Å²) < 4.78 is 5.51. The number of ether oxygens (including phenoxy) is 1. The molecule has 2 fully saturated rings. The molecule has 120 valence electrons. The monoisotopic (exact) mass is 300 g/mol.